The predicted octanol–water partition coefficient (Wildman–Crippen LogP) is 3.51. The van der Waals surface area contributed by atoms with Crippen LogP contribution in [-0.4, -0.2) is 38.3 Å². The molecule has 0 radical (unpaired) electrons. The number of amides is 1. The fourth-order valence-electron chi connectivity index (χ4n) is 3.06. The first-order valence-electron chi connectivity index (χ1n) is 9.15. The van der Waals surface area contributed by atoms with Crippen LogP contribution in [0.3, 0.4) is 0 Å². The van der Waals surface area contributed by atoms with Gasteiger partial charge in [0.15, 0.2) is 0 Å². The lowest BCUT2D eigenvalue weighted by Gasteiger charge is -2.25. The molecule has 0 unspecified atom stereocenters. The van der Waals surface area contributed by atoms with Crippen LogP contribution in [-0.2, 0) is 10.0 Å². The molecule has 7 heteroatoms. The van der Waals surface area contributed by atoms with Gasteiger partial charge in [-0.3, -0.25) is 4.79 Å². The van der Waals surface area contributed by atoms with E-state index >= 15 is 0 Å². The summed E-state index contributed by atoms with van der Waals surface area (Å²) in [5, 5.41) is 2.78. The van der Waals surface area contributed by atoms with Gasteiger partial charge in [-0.1, -0.05) is 12.5 Å². The van der Waals surface area contributed by atoms with E-state index in [-0.39, 0.29) is 10.8 Å². The molecule has 2 aromatic rings. The maximum atomic E-state index is 12.7. The summed E-state index contributed by atoms with van der Waals surface area (Å²) in [4.78, 5) is 12.7. The Morgan fingerprint density at radius 3 is 2.44 bits per heavy atom. The Morgan fingerprint density at radius 1 is 1.07 bits per heavy atom. The number of hydrogen-bond acceptors (Lipinski definition) is 4. The topological polar surface area (TPSA) is 75.7 Å². The third kappa shape index (κ3) is 4.67. The highest BCUT2D eigenvalue weighted by atomic mass is 32.2. The highest BCUT2D eigenvalue weighted by Gasteiger charge is 2.25. The summed E-state index contributed by atoms with van der Waals surface area (Å²) in [7, 11) is -3.47. The maximum Gasteiger partial charge on any atom is 0.255 e. The highest BCUT2D eigenvalue weighted by Crippen LogP contribution is 2.22. The normalized spacial score (nSPS) is 15.3. The fraction of sp³-hybridized carbons (Fsp3) is 0.350. The van der Waals surface area contributed by atoms with E-state index < -0.39 is 10.0 Å². The molecule has 144 valence electrons. The van der Waals surface area contributed by atoms with Gasteiger partial charge in [-0.25, -0.2) is 8.42 Å². The Hall–Kier alpha value is -2.38. The second kappa shape index (κ2) is 8.54. The van der Waals surface area contributed by atoms with Crippen LogP contribution in [0.1, 0.15) is 36.5 Å². The number of hydrogen-bond donors (Lipinski definition) is 1. The molecule has 2 aromatic carbocycles. The first-order valence-corrected chi connectivity index (χ1v) is 10.6. The Morgan fingerprint density at radius 2 is 1.78 bits per heavy atom. The number of nitrogens with zero attached hydrogens (tertiary/aromatic N) is 1. The van der Waals surface area contributed by atoms with Crippen LogP contribution in [0.5, 0.6) is 5.75 Å². The van der Waals surface area contributed by atoms with E-state index in [1.165, 1.54) is 16.4 Å². The van der Waals surface area contributed by atoms with Crippen LogP contribution in [0.25, 0.3) is 0 Å². The molecule has 0 aliphatic carbocycles. The molecule has 6 nitrogen and oxygen atoms in total. The zero-order valence-electron chi connectivity index (χ0n) is 15.3. The number of anilines is 1. The zero-order valence-corrected chi connectivity index (χ0v) is 16.2. The second-order valence-corrected chi connectivity index (χ2v) is 8.34. The van der Waals surface area contributed by atoms with Crippen LogP contribution >= 0.6 is 0 Å². The lowest BCUT2D eigenvalue weighted by atomic mass is 10.2. The van der Waals surface area contributed by atoms with Crippen molar-refractivity contribution in [3.8, 4) is 5.75 Å². The van der Waals surface area contributed by atoms with E-state index in [1.807, 2.05) is 6.92 Å². The summed E-state index contributed by atoms with van der Waals surface area (Å²) < 4.78 is 32.3. The van der Waals surface area contributed by atoms with E-state index in [9.17, 15) is 13.2 Å². The molecule has 0 bridgehead atoms. The van der Waals surface area contributed by atoms with Crippen molar-refractivity contribution < 1.29 is 17.9 Å². The average Bonchev–Trinajstić information content (AvgIpc) is 2.69. The molecule has 27 heavy (non-hydrogen) atoms. The first kappa shape index (κ1) is 19.4. The number of carbonyl (C=O) groups is 1. The minimum absolute atomic E-state index is 0.251. The Bertz CT molecular complexity index is 888. The first-order chi connectivity index (χ1) is 13.0. The number of benzene rings is 2. The predicted molar refractivity (Wildman–Crippen MR) is 105 cm³/mol. The molecule has 1 heterocycles. The number of carbonyl (C=O) groups excluding carboxylic acids is 1. The molecule has 0 aromatic heterocycles. The third-order valence-electron chi connectivity index (χ3n) is 4.47. The van der Waals surface area contributed by atoms with Gasteiger partial charge in [-0.15, -0.1) is 0 Å². The van der Waals surface area contributed by atoms with E-state index in [0.29, 0.717) is 36.7 Å². The smallest absolute Gasteiger partial charge is 0.255 e. The van der Waals surface area contributed by atoms with Gasteiger partial charge >= 0.3 is 0 Å². The van der Waals surface area contributed by atoms with Gasteiger partial charge in [0.1, 0.15) is 5.75 Å². The largest absolute Gasteiger partial charge is 0.494 e. The average molecular weight is 388 g/mol. The number of piperidine rings is 1. The van der Waals surface area contributed by atoms with Gasteiger partial charge in [-0.2, -0.15) is 4.31 Å². The molecular formula is C20H24N2O4S. The molecule has 1 aliphatic rings. The van der Waals surface area contributed by atoms with Crippen LogP contribution < -0.4 is 10.1 Å². The van der Waals surface area contributed by atoms with Crippen LogP contribution in [0.15, 0.2) is 53.4 Å². The quantitative estimate of drug-likeness (QED) is 0.822. The van der Waals surface area contributed by atoms with Crippen molar-refractivity contribution in [2.24, 2.45) is 0 Å². The summed E-state index contributed by atoms with van der Waals surface area (Å²) in [6.45, 7) is 3.54. The number of ether oxygens (including phenoxy) is 1. The summed E-state index contributed by atoms with van der Waals surface area (Å²) in [6, 6.07) is 13.2. The van der Waals surface area contributed by atoms with Crippen LogP contribution in [0.4, 0.5) is 5.69 Å². The maximum absolute atomic E-state index is 12.7. The molecule has 3 rings (SSSR count). The molecule has 1 aliphatic heterocycles. The standard InChI is InChI=1S/C20H24N2O4S/c1-2-26-18-8-6-7-16(15-18)20(23)21-17-9-11-19(12-10-17)27(24,25)22-13-4-3-5-14-22/h6-12,15H,2-5,13-14H2,1H3,(H,21,23). The molecule has 1 fully saturated rings. The van der Waals surface area contributed by atoms with Crippen molar-refractivity contribution in [3.63, 3.8) is 0 Å². The molecule has 1 amide bonds. The Kier molecular flexibility index (Phi) is 6.13. The van der Waals surface area contributed by atoms with E-state index in [1.54, 1.807) is 36.4 Å². The lowest BCUT2D eigenvalue weighted by Crippen LogP contribution is -2.35. The number of nitrogens with one attached hydrogen (secondary N) is 1. The molecule has 1 saturated heterocycles. The SMILES string of the molecule is CCOc1cccc(C(=O)Nc2ccc(S(=O)(=O)N3CCCCC3)cc2)c1. The summed E-state index contributed by atoms with van der Waals surface area (Å²) >= 11 is 0. The van der Waals surface area contributed by atoms with Crippen molar-refractivity contribution in [2.75, 3.05) is 25.0 Å². The highest BCUT2D eigenvalue weighted by molar-refractivity contribution is 7.89. The van der Waals surface area contributed by atoms with E-state index in [4.69, 9.17) is 4.74 Å². The van der Waals surface area contributed by atoms with Gasteiger partial charge in [0.25, 0.3) is 5.91 Å². The second-order valence-electron chi connectivity index (χ2n) is 6.40. The Labute approximate surface area is 160 Å². The van der Waals surface area contributed by atoms with Crippen molar-refractivity contribution in [1.29, 1.82) is 0 Å². The fourth-order valence-corrected chi connectivity index (χ4v) is 4.58. The molecular weight excluding hydrogens is 364 g/mol. The zero-order chi connectivity index (χ0) is 19.3. The van der Waals surface area contributed by atoms with Crippen molar-refractivity contribution in [2.45, 2.75) is 31.1 Å². The Balaban J connectivity index is 1.70. The van der Waals surface area contributed by atoms with Crippen LogP contribution in [0, 0.1) is 0 Å². The van der Waals surface area contributed by atoms with Crippen LogP contribution in [0.2, 0.25) is 0 Å². The molecule has 1 N–H and O–H groups in total. The van der Waals surface area contributed by atoms with Crippen molar-refractivity contribution >= 4 is 21.6 Å². The molecule has 0 atom stereocenters. The van der Waals surface area contributed by atoms with Gasteiger partial charge < -0.3 is 10.1 Å². The van der Waals surface area contributed by atoms with Crippen molar-refractivity contribution in [3.05, 3.63) is 54.1 Å². The van der Waals surface area contributed by atoms with E-state index in [2.05, 4.69) is 5.32 Å². The third-order valence-corrected chi connectivity index (χ3v) is 6.39. The summed E-state index contributed by atoms with van der Waals surface area (Å²) in [6.07, 6.45) is 2.86. The monoisotopic (exact) mass is 388 g/mol. The lowest BCUT2D eigenvalue weighted by molar-refractivity contribution is 0.102. The van der Waals surface area contributed by atoms with Gasteiger partial charge in [0.2, 0.25) is 10.0 Å². The molecule has 0 spiro atoms. The summed E-state index contributed by atoms with van der Waals surface area (Å²) in [5.41, 5.74) is 1.02. The van der Waals surface area contributed by atoms with Gasteiger partial charge in [0.05, 0.1) is 11.5 Å². The molecule has 0 saturated carbocycles. The minimum atomic E-state index is -3.47. The van der Waals surface area contributed by atoms with E-state index in [0.717, 1.165) is 19.3 Å². The summed E-state index contributed by atoms with van der Waals surface area (Å²) in [5.74, 6) is 0.358. The van der Waals surface area contributed by atoms with Gasteiger partial charge in [0, 0.05) is 24.3 Å². The van der Waals surface area contributed by atoms with Gasteiger partial charge in [-0.05, 0) is 62.2 Å². The van der Waals surface area contributed by atoms with Crippen molar-refractivity contribution in [1.82, 2.24) is 4.31 Å². The number of rotatable bonds is 6. The minimum Gasteiger partial charge on any atom is -0.494 e. The number of sulfonamides is 1.